The Morgan fingerprint density at radius 3 is 2.68 bits per heavy atom. The lowest BCUT2D eigenvalue weighted by molar-refractivity contribution is 0.0745. The van der Waals surface area contributed by atoms with Crippen molar-refractivity contribution in [3.63, 3.8) is 0 Å². The van der Waals surface area contributed by atoms with Crippen LogP contribution in [0.5, 0.6) is 0 Å². The first-order valence-electron chi connectivity index (χ1n) is 9.76. The summed E-state index contributed by atoms with van der Waals surface area (Å²) in [5.74, 6) is 0.616. The summed E-state index contributed by atoms with van der Waals surface area (Å²) >= 11 is 1.39. The van der Waals surface area contributed by atoms with Crippen LogP contribution in [0.25, 0.3) is 10.4 Å². The van der Waals surface area contributed by atoms with E-state index in [1.54, 1.807) is 0 Å². The molecule has 28 heavy (non-hydrogen) atoms. The van der Waals surface area contributed by atoms with Crippen LogP contribution in [0.2, 0.25) is 0 Å². The highest BCUT2D eigenvalue weighted by atomic mass is 32.1. The van der Waals surface area contributed by atoms with E-state index in [4.69, 9.17) is 5.73 Å². The van der Waals surface area contributed by atoms with Crippen molar-refractivity contribution in [2.75, 3.05) is 18.8 Å². The number of aromatic nitrogens is 1. The molecule has 0 spiro atoms. The maximum absolute atomic E-state index is 13.4. The van der Waals surface area contributed by atoms with E-state index < -0.39 is 0 Å². The fourth-order valence-corrected chi connectivity index (χ4v) is 4.23. The first-order valence-corrected chi connectivity index (χ1v) is 10.6. The average molecular weight is 392 g/mol. The largest absolute Gasteiger partial charge is 0.375 e. The molecule has 1 aromatic heterocycles. The van der Waals surface area contributed by atoms with Crippen LogP contribution < -0.4 is 5.73 Å². The Balaban J connectivity index is 1.59. The van der Waals surface area contributed by atoms with Gasteiger partial charge in [-0.2, -0.15) is 0 Å². The highest BCUT2D eigenvalue weighted by Gasteiger charge is 2.30. The van der Waals surface area contributed by atoms with Gasteiger partial charge in [-0.05, 0) is 43.2 Å². The molecule has 5 heteroatoms. The van der Waals surface area contributed by atoms with Gasteiger partial charge in [-0.1, -0.05) is 71.5 Å². The zero-order valence-electron chi connectivity index (χ0n) is 16.1. The van der Waals surface area contributed by atoms with E-state index in [0.717, 1.165) is 29.0 Å². The van der Waals surface area contributed by atoms with Crippen LogP contribution >= 0.6 is 11.3 Å². The van der Waals surface area contributed by atoms with Gasteiger partial charge >= 0.3 is 0 Å². The Bertz CT molecular complexity index is 963. The zero-order chi connectivity index (χ0) is 19.5. The van der Waals surface area contributed by atoms with Crippen molar-refractivity contribution in [1.82, 2.24) is 9.88 Å². The molecule has 4 nitrogen and oxygen atoms in total. The van der Waals surface area contributed by atoms with E-state index in [1.165, 1.54) is 29.7 Å². The van der Waals surface area contributed by atoms with Gasteiger partial charge in [0.2, 0.25) is 0 Å². The molecule has 2 aromatic carbocycles. The second kappa shape index (κ2) is 8.15. The number of rotatable bonds is 7. The van der Waals surface area contributed by atoms with Gasteiger partial charge in [-0.15, -0.1) is 0 Å². The molecule has 1 aliphatic rings. The number of benzene rings is 2. The molecule has 4 rings (SSSR count). The molecule has 2 N–H and O–H groups in total. The Kier molecular flexibility index (Phi) is 5.44. The summed E-state index contributed by atoms with van der Waals surface area (Å²) in [4.78, 5) is 20.7. The molecule has 0 atom stereocenters. The van der Waals surface area contributed by atoms with Gasteiger partial charge in [0.25, 0.3) is 5.91 Å². The van der Waals surface area contributed by atoms with E-state index in [9.17, 15) is 4.79 Å². The third-order valence-electron chi connectivity index (χ3n) is 5.10. The molecular weight excluding hydrogens is 366 g/mol. The van der Waals surface area contributed by atoms with Crippen LogP contribution in [0.3, 0.4) is 0 Å². The summed E-state index contributed by atoms with van der Waals surface area (Å²) < 4.78 is 0. The Labute approximate surface area is 170 Å². The summed E-state index contributed by atoms with van der Waals surface area (Å²) in [5, 5.41) is 0.439. The fraction of sp³-hybridized carbons (Fsp3) is 0.304. The van der Waals surface area contributed by atoms with Crippen molar-refractivity contribution in [2.45, 2.75) is 26.2 Å². The predicted molar refractivity (Wildman–Crippen MR) is 115 cm³/mol. The van der Waals surface area contributed by atoms with Crippen LogP contribution in [0.15, 0.2) is 54.6 Å². The molecule has 0 saturated heterocycles. The minimum atomic E-state index is -0.00714. The van der Waals surface area contributed by atoms with E-state index >= 15 is 0 Å². The molecule has 1 aliphatic carbocycles. The van der Waals surface area contributed by atoms with Crippen molar-refractivity contribution in [3.05, 3.63) is 71.4 Å². The van der Waals surface area contributed by atoms with Crippen LogP contribution in [-0.2, 0) is 6.42 Å². The number of nitrogen functional groups attached to an aromatic ring is 1. The monoisotopic (exact) mass is 391 g/mol. The molecular formula is C23H25N3OS. The van der Waals surface area contributed by atoms with E-state index in [1.807, 2.05) is 35.2 Å². The van der Waals surface area contributed by atoms with Crippen molar-refractivity contribution in [3.8, 4) is 10.4 Å². The Hall–Kier alpha value is -2.66. The van der Waals surface area contributed by atoms with Gasteiger partial charge in [-0.3, -0.25) is 4.79 Å². The van der Waals surface area contributed by atoms with Crippen molar-refractivity contribution in [1.29, 1.82) is 0 Å². The lowest BCUT2D eigenvalue weighted by Crippen LogP contribution is -2.35. The molecule has 1 heterocycles. The molecule has 1 saturated carbocycles. The first-order chi connectivity index (χ1) is 13.6. The number of nitrogens with zero attached hydrogens (tertiary/aromatic N) is 2. The summed E-state index contributed by atoms with van der Waals surface area (Å²) in [6, 6.07) is 18.5. The topological polar surface area (TPSA) is 59.2 Å². The third kappa shape index (κ3) is 4.42. The number of aryl methyl sites for hydroxylation is 1. The number of nitrogens with two attached hydrogens (primary N) is 1. The van der Waals surface area contributed by atoms with Crippen LogP contribution in [0, 0.1) is 12.8 Å². The summed E-state index contributed by atoms with van der Waals surface area (Å²) in [5.41, 5.74) is 9.90. The predicted octanol–water partition coefficient (Wildman–Crippen LogP) is 4.80. The second-order valence-corrected chi connectivity index (χ2v) is 8.56. The molecule has 144 valence electrons. The first kappa shape index (κ1) is 18.7. The fourth-order valence-electron chi connectivity index (χ4n) is 3.41. The normalized spacial score (nSPS) is 13.5. The van der Waals surface area contributed by atoms with E-state index in [0.29, 0.717) is 23.3 Å². The summed E-state index contributed by atoms with van der Waals surface area (Å²) in [6.45, 7) is 3.55. The lowest BCUT2D eigenvalue weighted by Gasteiger charge is -2.22. The minimum absolute atomic E-state index is 0.00714. The van der Waals surface area contributed by atoms with Gasteiger partial charge < -0.3 is 10.6 Å². The van der Waals surface area contributed by atoms with Gasteiger partial charge in [0.1, 0.15) is 5.69 Å². The highest BCUT2D eigenvalue weighted by Crippen LogP contribution is 2.34. The van der Waals surface area contributed by atoms with Crippen molar-refractivity contribution < 1.29 is 4.79 Å². The highest BCUT2D eigenvalue weighted by molar-refractivity contribution is 7.19. The minimum Gasteiger partial charge on any atom is -0.375 e. The third-order valence-corrected chi connectivity index (χ3v) is 6.04. The SMILES string of the molecule is Cc1cccc(-c2sc(N)nc2C(=O)N(CCc2ccccc2)CC2CC2)c1. The summed E-state index contributed by atoms with van der Waals surface area (Å²) in [7, 11) is 0. The zero-order valence-corrected chi connectivity index (χ0v) is 16.9. The second-order valence-electron chi connectivity index (χ2n) is 7.53. The average Bonchev–Trinajstić information content (AvgIpc) is 3.44. The smallest absolute Gasteiger partial charge is 0.274 e. The van der Waals surface area contributed by atoms with E-state index in [-0.39, 0.29) is 5.91 Å². The summed E-state index contributed by atoms with van der Waals surface area (Å²) in [6.07, 6.45) is 3.26. The molecule has 0 radical (unpaired) electrons. The number of carbonyl (C=O) groups excluding carboxylic acids is 1. The van der Waals surface area contributed by atoms with Crippen molar-refractivity contribution >= 4 is 22.4 Å². The molecule has 1 amide bonds. The quantitative estimate of drug-likeness (QED) is 0.630. The number of hydrogen-bond donors (Lipinski definition) is 1. The molecule has 0 bridgehead atoms. The van der Waals surface area contributed by atoms with Crippen LogP contribution in [0.1, 0.15) is 34.5 Å². The number of anilines is 1. The van der Waals surface area contributed by atoms with E-state index in [2.05, 4.69) is 36.2 Å². The van der Waals surface area contributed by atoms with Gasteiger partial charge in [0, 0.05) is 13.1 Å². The maximum atomic E-state index is 13.4. The Morgan fingerprint density at radius 2 is 1.96 bits per heavy atom. The van der Waals surface area contributed by atoms with Gasteiger partial charge in [0.05, 0.1) is 4.88 Å². The Morgan fingerprint density at radius 1 is 1.18 bits per heavy atom. The van der Waals surface area contributed by atoms with Crippen LogP contribution in [0.4, 0.5) is 5.13 Å². The number of hydrogen-bond acceptors (Lipinski definition) is 4. The molecule has 0 unspecified atom stereocenters. The van der Waals surface area contributed by atoms with Gasteiger partial charge in [0.15, 0.2) is 5.13 Å². The standard InChI is InChI=1S/C23H25N3OS/c1-16-6-5-9-19(14-16)21-20(25-23(24)28-21)22(27)26(15-18-10-11-18)13-12-17-7-3-2-4-8-17/h2-9,14,18H,10-13,15H2,1H3,(H2,24,25). The lowest BCUT2D eigenvalue weighted by atomic mass is 10.1. The molecule has 0 aliphatic heterocycles. The van der Waals surface area contributed by atoms with Gasteiger partial charge in [-0.25, -0.2) is 4.98 Å². The number of amides is 1. The number of thiazole rings is 1. The van der Waals surface area contributed by atoms with Crippen LogP contribution in [-0.4, -0.2) is 28.9 Å². The maximum Gasteiger partial charge on any atom is 0.274 e. The molecule has 3 aromatic rings. The number of carbonyl (C=O) groups is 1. The molecule has 1 fully saturated rings. The van der Waals surface area contributed by atoms with Crippen molar-refractivity contribution in [2.24, 2.45) is 5.92 Å².